The van der Waals surface area contributed by atoms with Crippen LogP contribution in [0.3, 0.4) is 0 Å². The molecule has 1 unspecified atom stereocenters. The molecule has 8 nitrogen and oxygen atoms in total. The Morgan fingerprint density at radius 3 is 2.58 bits per heavy atom. The van der Waals surface area contributed by atoms with Gasteiger partial charge in [0.1, 0.15) is 0 Å². The average Bonchev–Trinajstić information content (AvgIpc) is 3.27. The van der Waals surface area contributed by atoms with Crippen LogP contribution < -0.4 is 0 Å². The van der Waals surface area contributed by atoms with Gasteiger partial charge in [0.15, 0.2) is 0 Å². The van der Waals surface area contributed by atoms with Gasteiger partial charge in [0, 0.05) is 29.7 Å². The quantitative estimate of drug-likeness (QED) is 0.594. The van der Waals surface area contributed by atoms with E-state index in [1.165, 1.54) is 7.11 Å². The summed E-state index contributed by atoms with van der Waals surface area (Å²) in [6.07, 6.45) is 3.20. The first-order valence-electron chi connectivity index (χ1n) is 10.7. The molecule has 166 valence electrons. The Kier molecular flexibility index (Phi) is 7.02. The van der Waals surface area contributed by atoms with Crippen LogP contribution in [-0.2, 0) is 20.9 Å². The molecule has 31 heavy (non-hydrogen) atoms. The van der Waals surface area contributed by atoms with Crippen LogP contribution in [0.15, 0.2) is 33.3 Å². The number of amides is 1. The predicted octanol–water partition coefficient (Wildman–Crippen LogP) is 3.12. The summed E-state index contributed by atoms with van der Waals surface area (Å²) in [5.41, 5.74) is 0.903. The van der Waals surface area contributed by atoms with E-state index in [4.69, 9.17) is 9.26 Å². The number of piperidine rings is 2. The standard InChI is InChI=1S/C22H27BrN4O4/c1-30-22(29)16-8-11-27(12-9-16)21(28)17-3-2-10-26(13-17)14-19-24-20(25-31-19)15-4-6-18(23)7-5-15/h4-7,16-17H,2-3,8-14H2,1H3. The Bertz CT molecular complexity index is 908. The summed E-state index contributed by atoms with van der Waals surface area (Å²) in [5.74, 6) is 1.03. The van der Waals surface area contributed by atoms with E-state index in [9.17, 15) is 9.59 Å². The van der Waals surface area contributed by atoms with Gasteiger partial charge in [-0.25, -0.2) is 0 Å². The number of aromatic nitrogens is 2. The fourth-order valence-corrected chi connectivity index (χ4v) is 4.65. The second-order valence-corrected chi connectivity index (χ2v) is 9.13. The fourth-order valence-electron chi connectivity index (χ4n) is 4.39. The van der Waals surface area contributed by atoms with Crippen molar-refractivity contribution < 1.29 is 18.8 Å². The number of hydrogen-bond acceptors (Lipinski definition) is 7. The maximum absolute atomic E-state index is 13.0. The second-order valence-electron chi connectivity index (χ2n) is 8.22. The number of ether oxygens (including phenoxy) is 1. The van der Waals surface area contributed by atoms with Crippen molar-refractivity contribution in [2.45, 2.75) is 32.2 Å². The maximum atomic E-state index is 13.0. The van der Waals surface area contributed by atoms with Crippen LogP contribution in [0.2, 0.25) is 0 Å². The van der Waals surface area contributed by atoms with Crippen molar-refractivity contribution >= 4 is 27.8 Å². The Balaban J connectivity index is 1.31. The molecule has 2 aliphatic rings. The minimum atomic E-state index is -0.169. The lowest BCUT2D eigenvalue weighted by atomic mass is 9.93. The highest BCUT2D eigenvalue weighted by atomic mass is 79.9. The molecule has 2 fully saturated rings. The monoisotopic (exact) mass is 490 g/mol. The Morgan fingerprint density at radius 1 is 1.13 bits per heavy atom. The van der Waals surface area contributed by atoms with Crippen LogP contribution in [0, 0.1) is 11.8 Å². The molecule has 9 heteroatoms. The summed E-state index contributed by atoms with van der Waals surface area (Å²) >= 11 is 3.42. The van der Waals surface area contributed by atoms with Crippen LogP contribution in [-0.4, -0.2) is 65.1 Å². The number of esters is 1. The Labute approximate surface area is 190 Å². The number of carbonyl (C=O) groups excluding carboxylic acids is 2. The Morgan fingerprint density at radius 2 is 1.87 bits per heavy atom. The van der Waals surface area contributed by atoms with Gasteiger partial charge in [-0.05, 0) is 56.5 Å². The number of carbonyl (C=O) groups is 2. The topological polar surface area (TPSA) is 88.8 Å². The molecule has 1 amide bonds. The molecule has 1 aromatic carbocycles. The van der Waals surface area contributed by atoms with Crippen LogP contribution in [0.5, 0.6) is 0 Å². The third kappa shape index (κ3) is 5.33. The fraction of sp³-hybridized carbons (Fsp3) is 0.545. The van der Waals surface area contributed by atoms with E-state index in [2.05, 4.69) is 31.0 Å². The summed E-state index contributed by atoms with van der Waals surface area (Å²) in [4.78, 5) is 33.4. The molecule has 4 rings (SSSR count). The van der Waals surface area contributed by atoms with Crippen molar-refractivity contribution in [2.75, 3.05) is 33.3 Å². The highest BCUT2D eigenvalue weighted by Gasteiger charge is 2.33. The van der Waals surface area contributed by atoms with E-state index in [1.807, 2.05) is 29.2 Å². The lowest BCUT2D eigenvalue weighted by Crippen LogP contribution is -2.47. The third-order valence-electron chi connectivity index (χ3n) is 6.13. The predicted molar refractivity (Wildman–Crippen MR) is 117 cm³/mol. The number of hydrogen-bond donors (Lipinski definition) is 0. The van der Waals surface area contributed by atoms with E-state index in [0.29, 0.717) is 50.7 Å². The van der Waals surface area contributed by atoms with Crippen molar-refractivity contribution in [3.05, 3.63) is 34.6 Å². The number of rotatable bonds is 5. The van der Waals surface area contributed by atoms with Gasteiger partial charge in [-0.15, -0.1) is 0 Å². The van der Waals surface area contributed by atoms with Gasteiger partial charge in [0.2, 0.25) is 17.6 Å². The van der Waals surface area contributed by atoms with E-state index in [1.54, 1.807) is 0 Å². The molecule has 0 saturated carbocycles. The molecule has 0 aliphatic carbocycles. The molecule has 3 heterocycles. The zero-order chi connectivity index (χ0) is 21.8. The normalized spacial score (nSPS) is 20.6. The highest BCUT2D eigenvalue weighted by Crippen LogP contribution is 2.25. The first kappa shape index (κ1) is 22.0. The summed E-state index contributed by atoms with van der Waals surface area (Å²) < 4.78 is 11.3. The zero-order valence-electron chi connectivity index (χ0n) is 17.6. The summed E-state index contributed by atoms with van der Waals surface area (Å²) in [5, 5.41) is 4.10. The van der Waals surface area contributed by atoms with Crippen molar-refractivity contribution in [1.29, 1.82) is 0 Å². The zero-order valence-corrected chi connectivity index (χ0v) is 19.2. The lowest BCUT2D eigenvalue weighted by Gasteiger charge is -2.37. The molecule has 2 aliphatic heterocycles. The number of likely N-dealkylation sites (tertiary alicyclic amines) is 2. The maximum Gasteiger partial charge on any atom is 0.308 e. The molecule has 0 bridgehead atoms. The van der Waals surface area contributed by atoms with Gasteiger partial charge in [-0.1, -0.05) is 21.1 Å². The van der Waals surface area contributed by atoms with Crippen molar-refractivity contribution in [3.63, 3.8) is 0 Å². The summed E-state index contributed by atoms with van der Waals surface area (Å²) in [7, 11) is 1.42. The van der Waals surface area contributed by atoms with E-state index in [-0.39, 0.29) is 23.7 Å². The molecule has 2 saturated heterocycles. The van der Waals surface area contributed by atoms with Gasteiger partial charge in [0.05, 0.1) is 25.5 Å². The molecule has 0 radical (unpaired) electrons. The summed E-state index contributed by atoms with van der Waals surface area (Å²) in [6, 6.07) is 7.77. The molecular weight excluding hydrogens is 464 g/mol. The molecule has 1 atom stereocenters. The van der Waals surface area contributed by atoms with Crippen LogP contribution in [0.1, 0.15) is 31.6 Å². The third-order valence-corrected chi connectivity index (χ3v) is 6.65. The SMILES string of the molecule is COC(=O)C1CCN(C(=O)C2CCCN(Cc3nc(-c4ccc(Br)cc4)no3)C2)CC1. The number of methoxy groups -OCH3 is 1. The molecular formula is C22H27BrN4O4. The number of halogens is 1. The average molecular weight is 491 g/mol. The van der Waals surface area contributed by atoms with Crippen LogP contribution >= 0.6 is 15.9 Å². The molecule has 1 aromatic heterocycles. The smallest absolute Gasteiger partial charge is 0.308 e. The largest absolute Gasteiger partial charge is 0.469 e. The van der Waals surface area contributed by atoms with Gasteiger partial charge in [-0.2, -0.15) is 4.98 Å². The number of benzene rings is 1. The second kappa shape index (κ2) is 9.91. The summed E-state index contributed by atoms with van der Waals surface area (Å²) in [6.45, 7) is 3.37. The molecule has 0 N–H and O–H groups in total. The number of nitrogens with zero attached hydrogens (tertiary/aromatic N) is 4. The highest BCUT2D eigenvalue weighted by molar-refractivity contribution is 9.10. The minimum absolute atomic E-state index is 0.0303. The molecule has 0 spiro atoms. The van der Waals surface area contributed by atoms with Crippen LogP contribution in [0.25, 0.3) is 11.4 Å². The van der Waals surface area contributed by atoms with Gasteiger partial charge in [0.25, 0.3) is 0 Å². The van der Waals surface area contributed by atoms with Gasteiger partial charge in [-0.3, -0.25) is 14.5 Å². The van der Waals surface area contributed by atoms with Crippen LogP contribution in [0.4, 0.5) is 0 Å². The van der Waals surface area contributed by atoms with Crippen molar-refractivity contribution in [3.8, 4) is 11.4 Å². The van der Waals surface area contributed by atoms with Crippen molar-refractivity contribution in [1.82, 2.24) is 19.9 Å². The minimum Gasteiger partial charge on any atom is -0.469 e. The first-order chi connectivity index (χ1) is 15.0. The van der Waals surface area contributed by atoms with E-state index >= 15 is 0 Å². The first-order valence-corrected chi connectivity index (χ1v) is 11.5. The van der Waals surface area contributed by atoms with Crippen molar-refractivity contribution in [2.24, 2.45) is 11.8 Å². The van der Waals surface area contributed by atoms with Gasteiger partial charge >= 0.3 is 5.97 Å². The van der Waals surface area contributed by atoms with E-state index in [0.717, 1.165) is 29.4 Å². The van der Waals surface area contributed by atoms with E-state index < -0.39 is 0 Å². The molecule has 2 aromatic rings. The van der Waals surface area contributed by atoms with Gasteiger partial charge < -0.3 is 14.2 Å². The Hall–Kier alpha value is -2.26. The lowest BCUT2D eigenvalue weighted by molar-refractivity contribution is -0.150.